The first-order valence-corrected chi connectivity index (χ1v) is 4.55. The van der Waals surface area contributed by atoms with Crippen molar-refractivity contribution in [2.75, 3.05) is 0 Å². The van der Waals surface area contributed by atoms with E-state index in [1.165, 1.54) is 24.8 Å². The van der Waals surface area contributed by atoms with Crippen molar-refractivity contribution < 1.29 is 10.6 Å². The molecular weight excluding hydrogens is 228 g/mol. The summed E-state index contributed by atoms with van der Waals surface area (Å²) >= 11 is 5.27. The number of aliphatic hydroxyl groups is 1. The Hall–Kier alpha value is -1.59. The van der Waals surface area contributed by atoms with E-state index in [2.05, 4.69) is 19.9 Å². The second-order valence-corrected chi connectivity index (χ2v) is 2.54. The first kappa shape index (κ1) is 7.65. The molecule has 1 N–H and O–H groups in total. The molecule has 6 heteroatoms. The maximum Gasteiger partial charge on any atom is 0.153 e. The molecule has 0 saturated heterocycles. The Bertz CT molecular complexity index is 469. The molecule has 2 heterocycles. The van der Waals surface area contributed by atoms with E-state index in [-0.39, 0.29) is 11.6 Å². The van der Waals surface area contributed by atoms with Crippen molar-refractivity contribution in [2.24, 2.45) is 0 Å². The van der Waals surface area contributed by atoms with Crippen LogP contribution in [-0.4, -0.2) is 25.0 Å². The molecule has 16 heavy (non-hydrogen) atoms. The van der Waals surface area contributed by atoms with Gasteiger partial charge < -0.3 is 5.11 Å². The molecular formula is C10H11ClN4O. The molecule has 2 aromatic rings. The van der Waals surface area contributed by atoms with E-state index < -0.39 is 12.4 Å². The highest BCUT2D eigenvalue weighted by Gasteiger charge is 1.85. The zero-order valence-electron chi connectivity index (χ0n) is 12.1. The predicted octanol–water partition coefficient (Wildman–Crippen LogP) is 1.18. The largest absolute Gasteiger partial charge is 0.388 e. The van der Waals surface area contributed by atoms with Gasteiger partial charge in [-0.15, -0.1) is 11.6 Å². The van der Waals surface area contributed by atoms with Crippen molar-refractivity contribution in [3.8, 4) is 0 Å². The number of hydrogen-bond donors (Lipinski definition) is 1. The van der Waals surface area contributed by atoms with Crippen LogP contribution in [0.15, 0.2) is 36.9 Å². The van der Waals surface area contributed by atoms with Crippen molar-refractivity contribution in [1.82, 2.24) is 19.9 Å². The van der Waals surface area contributed by atoms with Crippen molar-refractivity contribution >= 4 is 11.6 Å². The molecule has 2 aromatic heterocycles. The topological polar surface area (TPSA) is 71.8 Å². The molecule has 0 fully saturated rings. The lowest BCUT2D eigenvalue weighted by molar-refractivity contribution is 0.271. The zero-order chi connectivity index (χ0) is 15.2. The summed E-state index contributed by atoms with van der Waals surface area (Å²) in [5.74, 6) is -2.17. The Labute approximate surface area is 104 Å². The SMILES string of the molecule is [2H]C([2H])(Cl)c1ncccn1.[2H]C([2H])(O)c1ncccn1. The van der Waals surface area contributed by atoms with Crippen LogP contribution < -0.4 is 0 Å². The number of halogens is 1. The van der Waals surface area contributed by atoms with E-state index in [1.54, 1.807) is 12.1 Å². The van der Waals surface area contributed by atoms with Crippen LogP contribution in [0, 0.1) is 0 Å². The van der Waals surface area contributed by atoms with Gasteiger partial charge in [-0.25, -0.2) is 19.9 Å². The molecule has 0 saturated carbocycles. The quantitative estimate of drug-likeness (QED) is 0.801. The molecule has 0 unspecified atom stereocenters. The monoisotopic (exact) mass is 242 g/mol. The molecule has 0 radical (unpaired) electrons. The number of rotatable bonds is 2. The van der Waals surface area contributed by atoms with Crippen molar-refractivity contribution in [3.05, 3.63) is 48.6 Å². The highest BCUT2D eigenvalue weighted by molar-refractivity contribution is 6.16. The molecule has 84 valence electrons. The number of alkyl halides is 1. The minimum atomic E-state index is -2.43. The van der Waals surface area contributed by atoms with Crippen LogP contribution >= 0.6 is 11.6 Å². The average Bonchev–Trinajstić information content (AvgIpc) is 2.40. The molecule has 2 rings (SSSR count). The van der Waals surface area contributed by atoms with Crippen molar-refractivity contribution in [1.29, 1.82) is 0 Å². The number of nitrogens with zero attached hydrogens (tertiary/aromatic N) is 4. The Morgan fingerprint density at radius 2 is 1.44 bits per heavy atom. The van der Waals surface area contributed by atoms with E-state index >= 15 is 0 Å². The van der Waals surface area contributed by atoms with Gasteiger partial charge in [0.15, 0.2) is 5.82 Å². The lowest BCUT2D eigenvalue weighted by Gasteiger charge is -1.87. The summed E-state index contributed by atoms with van der Waals surface area (Å²) in [5.41, 5.74) is 0. The third-order valence-corrected chi connectivity index (χ3v) is 1.49. The molecule has 0 amide bonds. The average molecular weight is 243 g/mol. The van der Waals surface area contributed by atoms with Crippen LogP contribution in [0.25, 0.3) is 0 Å². The molecule has 0 aliphatic heterocycles. The lowest BCUT2D eigenvalue weighted by Crippen LogP contribution is -1.90. The van der Waals surface area contributed by atoms with Gasteiger partial charge in [-0.1, -0.05) is 0 Å². The maximum atomic E-state index is 8.70. The zero-order valence-corrected chi connectivity index (χ0v) is 8.83. The molecule has 0 aromatic carbocycles. The van der Waals surface area contributed by atoms with Crippen molar-refractivity contribution in [2.45, 2.75) is 12.4 Å². The molecule has 0 atom stereocenters. The van der Waals surface area contributed by atoms with Gasteiger partial charge in [0.1, 0.15) is 12.4 Å². The van der Waals surface area contributed by atoms with Crippen LogP contribution in [0.1, 0.15) is 17.1 Å². The van der Waals surface area contributed by atoms with Gasteiger partial charge in [-0.2, -0.15) is 0 Å². The van der Waals surface area contributed by atoms with Crippen LogP contribution in [0.3, 0.4) is 0 Å². The standard InChI is InChI=1S/C5H5ClN2.C5H6N2O/c6-4-5-7-2-1-3-8-5;8-4-5-6-2-1-3-7-5/h1-3H,4H2;1-3,8H,4H2/i2*4D2. The first-order chi connectivity index (χ1) is 9.21. The molecule has 0 bridgehead atoms. The summed E-state index contributed by atoms with van der Waals surface area (Å²) < 4.78 is 27.5. The molecule has 5 nitrogen and oxygen atoms in total. The smallest absolute Gasteiger partial charge is 0.153 e. The summed E-state index contributed by atoms with van der Waals surface area (Å²) in [4.78, 5) is 14.3. The highest BCUT2D eigenvalue weighted by Crippen LogP contribution is 1.90. The summed E-state index contributed by atoms with van der Waals surface area (Å²) in [6.45, 7) is -2.43. The van der Waals surface area contributed by atoms with E-state index in [1.807, 2.05) is 0 Å². The summed E-state index contributed by atoms with van der Waals surface area (Å²) in [5, 5.41) is 8.70. The molecule has 0 spiro atoms. The summed E-state index contributed by atoms with van der Waals surface area (Å²) in [7, 11) is 0. The third-order valence-electron chi connectivity index (χ3n) is 1.32. The Kier molecular flexibility index (Phi) is 3.66. The normalized spacial score (nSPS) is 14.6. The molecule has 0 aliphatic carbocycles. The number of aromatic nitrogens is 4. The van der Waals surface area contributed by atoms with Gasteiger partial charge in [0.05, 0.1) is 11.3 Å². The van der Waals surface area contributed by atoms with E-state index in [0.29, 0.717) is 0 Å². The fourth-order valence-corrected chi connectivity index (χ4v) is 0.802. The van der Waals surface area contributed by atoms with Crippen LogP contribution in [0.5, 0.6) is 0 Å². The predicted molar refractivity (Wildman–Crippen MR) is 59.5 cm³/mol. The van der Waals surface area contributed by atoms with Gasteiger partial charge in [0, 0.05) is 24.8 Å². The molecule has 0 aliphatic rings. The Morgan fingerprint density at radius 1 is 1.00 bits per heavy atom. The minimum absolute atomic E-state index is 0.00309. The van der Waals surface area contributed by atoms with Gasteiger partial charge in [-0.05, 0) is 12.1 Å². The minimum Gasteiger partial charge on any atom is -0.388 e. The van der Waals surface area contributed by atoms with Crippen LogP contribution in [-0.2, 0) is 12.4 Å². The Balaban J connectivity index is 0.000000200. The van der Waals surface area contributed by atoms with Gasteiger partial charge in [0.2, 0.25) is 0 Å². The van der Waals surface area contributed by atoms with E-state index in [4.69, 9.17) is 22.2 Å². The lowest BCUT2D eigenvalue weighted by atomic mass is 10.6. The van der Waals surface area contributed by atoms with E-state index in [0.717, 1.165) is 0 Å². The summed E-state index contributed by atoms with van der Waals surface area (Å²) in [6, 6.07) is 3.15. The Morgan fingerprint density at radius 3 is 1.69 bits per heavy atom. The maximum absolute atomic E-state index is 8.70. The highest BCUT2D eigenvalue weighted by atomic mass is 35.5. The number of hydrogen-bond acceptors (Lipinski definition) is 5. The fraction of sp³-hybridized carbons (Fsp3) is 0.200. The van der Waals surface area contributed by atoms with Crippen LogP contribution in [0.4, 0.5) is 0 Å². The van der Waals surface area contributed by atoms with Gasteiger partial charge in [0.25, 0.3) is 0 Å². The summed E-state index contributed by atoms with van der Waals surface area (Å²) in [6.07, 6.45) is 5.64. The fourth-order valence-electron chi connectivity index (χ4n) is 0.705. The van der Waals surface area contributed by atoms with Crippen molar-refractivity contribution in [3.63, 3.8) is 0 Å². The second-order valence-electron chi connectivity index (χ2n) is 2.35. The van der Waals surface area contributed by atoms with Crippen LogP contribution in [0.2, 0.25) is 0 Å². The second kappa shape index (κ2) is 7.67. The van der Waals surface area contributed by atoms with Gasteiger partial charge in [-0.3, -0.25) is 0 Å². The van der Waals surface area contributed by atoms with Gasteiger partial charge >= 0.3 is 0 Å². The third kappa shape index (κ3) is 4.77. The van der Waals surface area contributed by atoms with E-state index in [9.17, 15) is 0 Å². The first-order valence-electron chi connectivity index (χ1n) is 6.17.